The average molecular weight is 226 g/mol. The van der Waals surface area contributed by atoms with E-state index in [4.69, 9.17) is 0 Å². The highest BCUT2D eigenvalue weighted by molar-refractivity contribution is 5.46. The van der Waals surface area contributed by atoms with Crippen molar-refractivity contribution in [3.8, 4) is 0 Å². The molecule has 1 aromatic rings. The molecule has 4 heteroatoms. The number of hydrogen-bond acceptors (Lipinski definition) is 2. The first kappa shape index (κ1) is 11.3. The van der Waals surface area contributed by atoms with Gasteiger partial charge in [0.15, 0.2) is 0 Å². The van der Waals surface area contributed by atoms with Gasteiger partial charge in [0.1, 0.15) is 12.5 Å². The molecule has 1 aromatic carbocycles. The van der Waals surface area contributed by atoms with E-state index in [2.05, 4.69) is 10.6 Å². The van der Waals surface area contributed by atoms with E-state index >= 15 is 0 Å². The van der Waals surface area contributed by atoms with Gasteiger partial charge in [-0.05, 0) is 37.1 Å². The van der Waals surface area contributed by atoms with Gasteiger partial charge in [-0.25, -0.2) is 8.78 Å². The van der Waals surface area contributed by atoms with Crippen LogP contribution in [0.25, 0.3) is 0 Å². The van der Waals surface area contributed by atoms with Crippen LogP contribution in [0.1, 0.15) is 18.4 Å². The monoisotopic (exact) mass is 226 g/mol. The van der Waals surface area contributed by atoms with E-state index in [0.29, 0.717) is 23.8 Å². The van der Waals surface area contributed by atoms with Gasteiger partial charge < -0.3 is 10.6 Å². The molecule has 0 saturated carbocycles. The number of rotatable bonds is 4. The summed E-state index contributed by atoms with van der Waals surface area (Å²) in [6.07, 6.45) is 2.30. The molecule has 1 fully saturated rings. The van der Waals surface area contributed by atoms with Crippen LogP contribution in [0.3, 0.4) is 0 Å². The van der Waals surface area contributed by atoms with Gasteiger partial charge in [-0.3, -0.25) is 0 Å². The van der Waals surface area contributed by atoms with Gasteiger partial charge in [-0.15, -0.1) is 0 Å². The summed E-state index contributed by atoms with van der Waals surface area (Å²) in [5.74, 6) is -0.381. The molecule has 1 saturated heterocycles. The average Bonchev–Trinajstić information content (AvgIpc) is 2.80. The summed E-state index contributed by atoms with van der Waals surface area (Å²) in [4.78, 5) is 0. The normalized spacial score (nSPS) is 20.0. The van der Waals surface area contributed by atoms with Crippen LogP contribution in [0.2, 0.25) is 0 Å². The highest BCUT2D eigenvalue weighted by atomic mass is 19.1. The van der Waals surface area contributed by atoms with E-state index in [1.807, 2.05) is 0 Å². The van der Waals surface area contributed by atoms with Crippen LogP contribution in [0.4, 0.5) is 14.5 Å². The lowest BCUT2D eigenvalue weighted by Crippen LogP contribution is -2.29. The Kier molecular flexibility index (Phi) is 3.72. The number of halogens is 2. The van der Waals surface area contributed by atoms with E-state index in [0.717, 1.165) is 13.0 Å². The fourth-order valence-corrected chi connectivity index (χ4v) is 1.95. The molecule has 0 spiro atoms. The maximum Gasteiger partial charge on any atom is 0.146 e. The van der Waals surface area contributed by atoms with Gasteiger partial charge in [0, 0.05) is 12.6 Å². The zero-order valence-corrected chi connectivity index (χ0v) is 9.10. The van der Waals surface area contributed by atoms with Gasteiger partial charge in [-0.1, -0.05) is 6.07 Å². The van der Waals surface area contributed by atoms with Crippen molar-refractivity contribution in [2.24, 2.45) is 0 Å². The third-order valence-corrected chi connectivity index (χ3v) is 2.89. The smallest absolute Gasteiger partial charge is 0.146 e. The molecule has 0 aliphatic carbocycles. The van der Waals surface area contributed by atoms with Crippen molar-refractivity contribution in [3.05, 3.63) is 29.6 Å². The first-order valence-corrected chi connectivity index (χ1v) is 5.61. The van der Waals surface area contributed by atoms with Crippen LogP contribution in [-0.4, -0.2) is 19.1 Å². The lowest BCUT2D eigenvalue weighted by Gasteiger charge is -2.13. The maximum atomic E-state index is 13.5. The Hall–Kier alpha value is -1.16. The lowest BCUT2D eigenvalue weighted by molar-refractivity contribution is 0.482. The van der Waals surface area contributed by atoms with Gasteiger partial charge in [0.2, 0.25) is 0 Å². The van der Waals surface area contributed by atoms with Crippen molar-refractivity contribution in [2.75, 3.05) is 18.4 Å². The second-order valence-electron chi connectivity index (χ2n) is 4.12. The van der Waals surface area contributed by atoms with Crippen LogP contribution < -0.4 is 10.6 Å². The quantitative estimate of drug-likeness (QED) is 0.824. The highest BCUT2D eigenvalue weighted by Crippen LogP contribution is 2.17. The number of hydrogen-bond donors (Lipinski definition) is 2. The number of nitrogens with one attached hydrogen (secondary N) is 2. The topological polar surface area (TPSA) is 24.1 Å². The Balaban J connectivity index is 1.93. The number of benzene rings is 1. The zero-order valence-electron chi connectivity index (χ0n) is 9.10. The minimum absolute atomic E-state index is 0.377. The summed E-state index contributed by atoms with van der Waals surface area (Å²) in [5, 5.41) is 6.37. The summed E-state index contributed by atoms with van der Waals surface area (Å²) in [7, 11) is 0. The van der Waals surface area contributed by atoms with Crippen molar-refractivity contribution >= 4 is 5.69 Å². The number of alkyl halides is 1. The van der Waals surface area contributed by atoms with Crippen molar-refractivity contribution < 1.29 is 8.78 Å². The largest absolute Gasteiger partial charge is 0.381 e. The first-order chi connectivity index (χ1) is 7.79. The van der Waals surface area contributed by atoms with Crippen LogP contribution in [-0.2, 0) is 6.67 Å². The van der Waals surface area contributed by atoms with Crippen molar-refractivity contribution in [3.63, 3.8) is 0 Å². The molecule has 1 atom stereocenters. The molecule has 1 aliphatic heterocycles. The van der Waals surface area contributed by atoms with Gasteiger partial charge in [0.25, 0.3) is 0 Å². The lowest BCUT2D eigenvalue weighted by atomic mass is 10.2. The van der Waals surface area contributed by atoms with Crippen LogP contribution in [0.15, 0.2) is 18.2 Å². The Bertz CT molecular complexity index is 349. The molecular formula is C12H16F2N2. The van der Waals surface area contributed by atoms with E-state index in [-0.39, 0.29) is 5.82 Å². The minimum atomic E-state index is -0.624. The maximum absolute atomic E-state index is 13.5. The third kappa shape index (κ3) is 2.70. The summed E-state index contributed by atoms with van der Waals surface area (Å²) >= 11 is 0. The Morgan fingerprint density at radius 2 is 2.31 bits per heavy atom. The molecular weight excluding hydrogens is 210 g/mol. The Morgan fingerprint density at radius 1 is 1.44 bits per heavy atom. The van der Waals surface area contributed by atoms with Crippen molar-refractivity contribution in [1.29, 1.82) is 0 Å². The first-order valence-electron chi connectivity index (χ1n) is 5.61. The zero-order chi connectivity index (χ0) is 11.4. The molecule has 2 rings (SSSR count). The molecule has 88 valence electrons. The second-order valence-corrected chi connectivity index (χ2v) is 4.12. The van der Waals surface area contributed by atoms with Crippen LogP contribution in [0, 0.1) is 5.82 Å². The molecule has 1 aliphatic rings. The molecule has 2 N–H and O–H groups in total. The third-order valence-electron chi connectivity index (χ3n) is 2.89. The molecule has 0 aromatic heterocycles. The Morgan fingerprint density at radius 3 is 2.94 bits per heavy atom. The molecule has 2 nitrogen and oxygen atoms in total. The Labute approximate surface area is 94.0 Å². The van der Waals surface area contributed by atoms with E-state index < -0.39 is 6.67 Å². The van der Waals surface area contributed by atoms with Gasteiger partial charge in [0.05, 0.1) is 5.69 Å². The predicted octanol–water partition coefficient (Wildman–Crippen LogP) is 2.46. The molecule has 1 heterocycles. The summed E-state index contributed by atoms with van der Waals surface area (Å²) in [6, 6.07) is 4.86. The summed E-state index contributed by atoms with van der Waals surface area (Å²) < 4.78 is 25.7. The van der Waals surface area contributed by atoms with Crippen LogP contribution >= 0.6 is 0 Å². The van der Waals surface area contributed by atoms with Gasteiger partial charge in [-0.2, -0.15) is 0 Å². The fraction of sp³-hybridized carbons (Fsp3) is 0.500. The standard InChI is InChI=1S/C12H16F2N2/c13-7-9-3-4-12(11(14)6-9)16-8-10-2-1-5-15-10/h3-4,6,10,15-16H,1-2,5,7-8H2. The minimum Gasteiger partial charge on any atom is -0.381 e. The van der Waals surface area contributed by atoms with Crippen LogP contribution in [0.5, 0.6) is 0 Å². The predicted molar refractivity (Wildman–Crippen MR) is 60.7 cm³/mol. The molecule has 16 heavy (non-hydrogen) atoms. The number of anilines is 1. The molecule has 0 bridgehead atoms. The molecule has 0 amide bonds. The van der Waals surface area contributed by atoms with Crippen molar-refractivity contribution in [1.82, 2.24) is 5.32 Å². The molecule has 1 unspecified atom stereocenters. The van der Waals surface area contributed by atoms with Crippen molar-refractivity contribution in [2.45, 2.75) is 25.6 Å². The van der Waals surface area contributed by atoms with Gasteiger partial charge >= 0.3 is 0 Å². The van der Waals surface area contributed by atoms with E-state index in [1.54, 1.807) is 12.1 Å². The van der Waals surface area contributed by atoms with E-state index in [1.165, 1.54) is 12.5 Å². The van der Waals surface area contributed by atoms with E-state index in [9.17, 15) is 8.78 Å². The second kappa shape index (κ2) is 5.25. The summed E-state index contributed by atoms with van der Waals surface area (Å²) in [6.45, 7) is 1.13. The fourth-order valence-electron chi connectivity index (χ4n) is 1.95. The summed E-state index contributed by atoms with van der Waals surface area (Å²) in [5.41, 5.74) is 0.827. The molecule has 0 radical (unpaired) electrons. The highest BCUT2D eigenvalue weighted by Gasteiger charge is 2.14. The SMILES string of the molecule is FCc1ccc(NCC2CCCN2)c(F)c1.